The molecule has 0 amide bonds. The molecule has 1 aromatic rings. The van der Waals surface area contributed by atoms with Gasteiger partial charge in [0.2, 0.25) is 10.0 Å². The number of aryl methyl sites for hydroxylation is 1. The highest BCUT2D eigenvalue weighted by molar-refractivity contribution is 7.89. The summed E-state index contributed by atoms with van der Waals surface area (Å²) in [7, 11) is -3.83. The molecule has 0 spiro atoms. The third kappa shape index (κ3) is 3.76. The van der Waals surface area contributed by atoms with Crippen LogP contribution in [0.4, 0.5) is 5.69 Å². The molecule has 0 unspecified atom stereocenters. The van der Waals surface area contributed by atoms with Gasteiger partial charge in [0.15, 0.2) is 0 Å². The van der Waals surface area contributed by atoms with Gasteiger partial charge in [0.25, 0.3) is 5.69 Å². The number of nitrogens with zero attached hydrogens (tertiary/aromatic N) is 1. The van der Waals surface area contributed by atoms with E-state index in [1.165, 1.54) is 13.0 Å². The van der Waals surface area contributed by atoms with Crippen LogP contribution in [-0.4, -0.2) is 19.9 Å². The fraction of sp³-hybridized carbons (Fsp3) is 0.273. The molecule has 104 valence electrons. The number of sulfonamides is 1. The van der Waals surface area contributed by atoms with E-state index in [4.69, 9.17) is 11.6 Å². The van der Waals surface area contributed by atoms with E-state index in [2.05, 4.69) is 11.3 Å². The maximum absolute atomic E-state index is 12.0. The quantitative estimate of drug-likeness (QED) is 0.514. The summed E-state index contributed by atoms with van der Waals surface area (Å²) in [5.74, 6) is 0. The van der Waals surface area contributed by atoms with Crippen molar-refractivity contribution >= 4 is 27.3 Å². The molecule has 1 N–H and O–H groups in total. The number of hydrogen-bond donors (Lipinski definition) is 1. The monoisotopic (exact) mass is 304 g/mol. The van der Waals surface area contributed by atoms with Crippen LogP contribution in [0.2, 0.25) is 5.02 Å². The second kappa shape index (κ2) is 5.68. The Hall–Kier alpha value is -1.44. The van der Waals surface area contributed by atoms with Gasteiger partial charge in [-0.2, -0.15) is 0 Å². The zero-order valence-corrected chi connectivity index (χ0v) is 12.0. The van der Waals surface area contributed by atoms with Crippen molar-refractivity contribution in [1.29, 1.82) is 0 Å². The number of rotatable bonds is 5. The second-order valence-electron chi connectivity index (χ2n) is 4.11. The van der Waals surface area contributed by atoms with Crippen molar-refractivity contribution < 1.29 is 13.3 Å². The van der Waals surface area contributed by atoms with Crippen molar-refractivity contribution in [2.45, 2.75) is 18.7 Å². The number of nitro benzene ring substituents is 1. The molecule has 19 heavy (non-hydrogen) atoms. The van der Waals surface area contributed by atoms with Gasteiger partial charge >= 0.3 is 0 Å². The fourth-order valence-corrected chi connectivity index (χ4v) is 3.00. The van der Waals surface area contributed by atoms with E-state index in [0.29, 0.717) is 11.1 Å². The van der Waals surface area contributed by atoms with Crippen LogP contribution in [0.25, 0.3) is 0 Å². The van der Waals surface area contributed by atoms with Crippen LogP contribution in [0, 0.1) is 17.0 Å². The number of nitro groups is 1. The molecule has 6 nitrogen and oxygen atoms in total. The lowest BCUT2D eigenvalue weighted by Crippen LogP contribution is -2.26. The van der Waals surface area contributed by atoms with Gasteiger partial charge in [-0.15, -0.1) is 0 Å². The zero-order chi connectivity index (χ0) is 14.8. The highest BCUT2D eigenvalue weighted by Crippen LogP contribution is 2.29. The van der Waals surface area contributed by atoms with E-state index in [1.807, 2.05) is 0 Å². The van der Waals surface area contributed by atoms with Crippen LogP contribution in [-0.2, 0) is 10.0 Å². The highest BCUT2D eigenvalue weighted by atomic mass is 35.5. The van der Waals surface area contributed by atoms with Gasteiger partial charge in [0, 0.05) is 12.6 Å². The second-order valence-corrected chi connectivity index (χ2v) is 6.25. The minimum atomic E-state index is -3.83. The first-order valence-corrected chi connectivity index (χ1v) is 7.10. The molecule has 0 bridgehead atoms. The first-order chi connectivity index (χ1) is 8.65. The first kappa shape index (κ1) is 15.6. The van der Waals surface area contributed by atoms with E-state index in [9.17, 15) is 18.5 Å². The standard InChI is InChI=1S/C11H13ClN2O4S/c1-7(2)6-13-19(17,18)11-5-10(14(15)16)9(12)4-8(11)3/h4-5,13H,1,6H2,2-3H3. The van der Waals surface area contributed by atoms with Gasteiger partial charge in [-0.1, -0.05) is 23.8 Å². The third-order valence-electron chi connectivity index (χ3n) is 2.29. The largest absolute Gasteiger partial charge is 0.289 e. The molecule has 8 heteroatoms. The van der Waals surface area contributed by atoms with Crippen LogP contribution >= 0.6 is 11.6 Å². The Morgan fingerprint density at radius 3 is 2.58 bits per heavy atom. The average molecular weight is 305 g/mol. The molecule has 1 rings (SSSR count). The SMILES string of the molecule is C=C(C)CNS(=O)(=O)c1cc([N+](=O)[O-])c(Cl)cc1C. The first-order valence-electron chi connectivity index (χ1n) is 5.23. The van der Waals surface area contributed by atoms with Gasteiger partial charge in [-0.05, 0) is 25.5 Å². The lowest BCUT2D eigenvalue weighted by Gasteiger charge is -2.09. The molecule has 0 aliphatic rings. The maximum Gasteiger partial charge on any atom is 0.289 e. The molecular weight excluding hydrogens is 292 g/mol. The molecule has 0 fully saturated rings. The third-order valence-corrected chi connectivity index (χ3v) is 4.14. The Labute approximate surface area is 116 Å². The van der Waals surface area contributed by atoms with Gasteiger partial charge in [0.05, 0.1) is 9.82 Å². The molecule has 0 heterocycles. The molecule has 0 saturated heterocycles. The summed E-state index contributed by atoms with van der Waals surface area (Å²) >= 11 is 5.70. The topological polar surface area (TPSA) is 89.3 Å². The Balaban J connectivity index is 3.30. The molecule has 1 aromatic carbocycles. The molecule has 0 radical (unpaired) electrons. The van der Waals surface area contributed by atoms with E-state index in [0.717, 1.165) is 6.07 Å². The molecule has 0 aromatic heterocycles. The Morgan fingerprint density at radius 1 is 1.53 bits per heavy atom. The number of benzene rings is 1. The summed E-state index contributed by atoms with van der Waals surface area (Å²) in [6.07, 6.45) is 0. The highest BCUT2D eigenvalue weighted by Gasteiger charge is 2.23. The Bertz CT molecular complexity index is 640. The lowest BCUT2D eigenvalue weighted by molar-refractivity contribution is -0.384. The number of hydrogen-bond acceptors (Lipinski definition) is 4. The Morgan fingerprint density at radius 2 is 2.11 bits per heavy atom. The summed E-state index contributed by atoms with van der Waals surface area (Å²) in [5, 5.41) is 10.7. The smallest absolute Gasteiger partial charge is 0.258 e. The van der Waals surface area contributed by atoms with E-state index >= 15 is 0 Å². The van der Waals surface area contributed by atoms with Gasteiger partial charge < -0.3 is 0 Å². The van der Waals surface area contributed by atoms with Crippen LogP contribution < -0.4 is 4.72 Å². The lowest BCUT2D eigenvalue weighted by atomic mass is 10.2. The zero-order valence-electron chi connectivity index (χ0n) is 10.4. The van der Waals surface area contributed by atoms with E-state index in [-0.39, 0.29) is 16.5 Å². The van der Waals surface area contributed by atoms with Crippen molar-refractivity contribution in [3.05, 3.63) is 45.0 Å². The van der Waals surface area contributed by atoms with Crippen molar-refractivity contribution in [2.24, 2.45) is 0 Å². The van der Waals surface area contributed by atoms with Crippen LogP contribution in [0.15, 0.2) is 29.2 Å². The van der Waals surface area contributed by atoms with E-state index in [1.54, 1.807) is 6.92 Å². The molecule has 0 atom stereocenters. The fourth-order valence-electron chi connectivity index (χ4n) is 1.37. The van der Waals surface area contributed by atoms with Crippen molar-refractivity contribution in [3.8, 4) is 0 Å². The molecular formula is C11H13ClN2O4S. The Kier molecular flexibility index (Phi) is 4.67. The predicted molar refractivity (Wildman–Crippen MR) is 72.8 cm³/mol. The van der Waals surface area contributed by atoms with Crippen molar-refractivity contribution in [1.82, 2.24) is 4.72 Å². The minimum absolute atomic E-state index is 0.0677. The van der Waals surface area contributed by atoms with Gasteiger partial charge in [-0.25, -0.2) is 13.1 Å². The average Bonchev–Trinajstić information content (AvgIpc) is 2.25. The number of halogens is 1. The van der Waals surface area contributed by atoms with E-state index < -0.39 is 20.6 Å². The summed E-state index contributed by atoms with van der Waals surface area (Å²) in [4.78, 5) is 9.89. The van der Waals surface area contributed by atoms with Crippen molar-refractivity contribution in [2.75, 3.05) is 6.54 Å². The molecule has 0 aliphatic heterocycles. The maximum atomic E-state index is 12.0. The summed E-state index contributed by atoms with van der Waals surface area (Å²) in [5.41, 5.74) is 0.525. The minimum Gasteiger partial charge on any atom is -0.258 e. The molecule has 0 saturated carbocycles. The van der Waals surface area contributed by atoms with Crippen molar-refractivity contribution in [3.63, 3.8) is 0 Å². The summed E-state index contributed by atoms with van der Waals surface area (Å²) in [6, 6.07) is 2.22. The van der Waals surface area contributed by atoms with Crippen LogP contribution in [0.5, 0.6) is 0 Å². The van der Waals surface area contributed by atoms with Crippen LogP contribution in [0.3, 0.4) is 0 Å². The normalized spacial score (nSPS) is 11.3. The predicted octanol–water partition coefficient (Wildman–Crippen LogP) is 2.41. The molecule has 0 aliphatic carbocycles. The van der Waals surface area contributed by atoms with Gasteiger partial charge in [-0.3, -0.25) is 10.1 Å². The number of nitrogens with one attached hydrogen (secondary N) is 1. The van der Waals surface area contributed by atoms with Crippen LogP contribution in [0.1, 0.15) is 12.5 Å². The van der Waals surface area contributed by atoms with Gasteiger partial charge in [0.1, 0.15) is 5.02 Å². The summed E-state index contributed by atoms with van der Waals surface area (Å²) in [6.45, 7) is 6.83. The summed E-state index contributed by atoms with van der Waals surface area (Å²) < 4.78 is 26.4.